The number of aromatic nitrogens is 4. The van der Waals surface area contributed by atoms with Crippen LogP contribution in [0.1, 0.15) is 39.5 Å². The Balaban J connectivity index is 1.35. The number of pyridine rings is 2. The highest BCUT2D eigenvalue weighted by molar-refractivity contribution is 5.95. The zero-order chi connectivity index (χ0) is 19.0. The zero-order valence-corrected chi connectivity index (χ0v) is 15.1. The van der Waals surface area contributed by atoms with E-state index in [1.54, 1.807) is 30.3 Å². The van der Waals surface area contributed by atoms with Crippen molar-refractivity contribution in [3.05, 3.63) is 53.6 Å². The van der Waals surface area contributed by atoms with Gasteiger partial charge in [0.15, 0.2) is 5.65 Å². The Morgan fingerprint density at radius 2 is 2.04 bits per heavy atom. The SMILES string of the molecule is Cc1cc(C(=O)NC2CC(N(C)C(=O)c3ccc4cccnc4n3)C2)n[nH]1. The van der Waals surface area contributed by atoms with Crippen LogP contribution in [0.2, 0.25) is 0 Å². The Kier molecular flexibility index (Phi) is 4.31. The first-order chi connectivity index (χ1) is 13.0. The van der Waals surface area contributed by atoms with E-state index in [-0.39, 0.29) is 23.9 Å². The highest BCUT2D eigenvalue weighted by atomic mass is 16.2. The topological polar surface area (TPSA) is 104 Å². The molecule has 3 heterocycles. The molecule has 0 aromatic carbocycles. The second-order valence-electron chi connectivity index (χ2n) is 6.89. The number of rotatable bonds is 4. The maximum Gasteiger partial charge on any atom is 0.272 e. The van der Waals surface area contributed by atoms with E-state index >= 15 is 0 Å². The summed E-state index contributed by atoms with van der Waals surface area (Å²) >= 11 is 0. The molecule has 0 radical (unpaired) electrons. The van der Waals surface area contributed by atoms with Gasteiger partial charge in [0, 0.05) is 36.4 Å². The van der Waals surface area contributed by atoms with E-state index in [2.05, 4.69) is 25.5 Å². The summed E-state index contributed by atoms with van der Waals surface area (Å²) in [6.45, 7) is 1.85. The third kappa shape index (κ3) is 3.38. The second-order valence-corrected chi connectivity index (χ2v) is 6.89. The minimum atomic E-state index is -0.195. The first kappa shape index (κ1) is 17.1. The Morgan fingerprint density at radius 3 is 2.78 bits per heavy atom. The first-order valence-electron chi connectivity index (χ1n) is 8.83. The Hall–Kier alpha value is -3.29. The number of aryl methyl sites for hydroxylation is 1. The molecular weight excluding hydrogens is 344 g/mol. The molecule has 3 aromatic heterocycles. The zero-order valence-electron chi connectivity index (χ0n) is 15.1. The molecule has 0 saturated heterocycles. The number of hydrogen-bond donors (Lipinski definition) is 2. The summed E-state index contributed by atoms with van der Waals surface area (Å²) in [5, 5.41) is 10.6. The standard InChI is InChI=1S/C19H20N6O2/c1-11-8-16(24-23-11)18(26)21-13-9-14(10-13)25(2)19(27)15-6-5-12-4-3-7-20-17(12)22-15/h3-8,13-14H,9-10H2,1-2H3,(H,21,26)(H,23,24). The van der Waals surface area contributed by atoms with Crippen LogP contribution in [0.4, 0.5) is 0 Å². The second kappa shape index (κ2) is 6.79. The van der Waals surface area contributed by atoms with Gasteiger partial charge in [-0.15, -0.1) is 0 Å². The Labute approximate surface area is 156 Å². The van der Waals surface area contributed by atoms with Crippen molar-refractivity contribution in [3.8, 4) is 0 Å². The molecule has 1 aliphatic carbocycles. The predicted octanol–water partition coefficient (Wildman–Crippen LogP) is 1.69. The molecule has 27 heavy (non-hydrogen) atoms. The summed E-state index contributed by atoms with van der Waals surface area (Å²) in [6, 6.07) is 9.15. The molecule has 0 atom stereocenters. The molecule has 0 spiro atoms. The van der Waals surface area contributed by atoms with Crippen molar-refractivity contribution >= 4 is 22.8 Å². The summed E-state index contributed by atoms with van der Waals surface area (Å²) < 4.78 is 0. The van der Waals surface area contributed by atoms with Crippen molar-refractivity contribution in [2.24, 2.45) is 0 Å². The number of nitrogens with zero attached hydrogens (tertiary/aromatic N) is 4. The van der Waals surface area contributed by atoms with Crippen molar-refractivity contribution in [2.75, 3.05) is 7.05 Å². The van der Waals surface area contributed by atoms with Crippen molar-refractivity contribution in [2.45, 2.75) is 31.8 Å². The highest BCUT2D eigenvalue weighted by Crippen LogP contribution is 2.26. The molecule has 1 saturated carbocycles. The van der Waals surface area contributed by atoms with Crippen molar-refractivity contribution in [1.29, 1.82) is 0 Å². The van der Waals surface area contributed by atoms with Crippen molar-refractivity contribution in [1.82, 2.24) is 30.4 Å². The fourth-order valence-electron chi connectivity index (χ4n) is 3.23. The number of hydrogen-bond acceptors (Lipinski definition) is 5. The number of nitrogens with one attached hydrogen (secondary N) is 2. The van der Waals surface area contributed by atoms with Crippen LogP contribution in [0.15, 0.2) is 36.5 Å². The molecular formula is C19H20N6O2. The molecule has 0 unspecified atom stereocenters. The van der Waals surface area contributed by atoms with Crippen LogP contribution in [0, 0.1) is 6.92 Å². The molecule has 2 amide bonds. The molecule has 8 nitrogen and oxygen atoms in total. The number of carbonyl (C=O) groups excluding carboxylic acids is 2. The summed E-state index contributed by atoms with van der Waals surface area (Å²) in [4.78, 5) is 35.1. The molecule has 8 heteroatoms. The lowest BCUT2D eigenvalue weighted by Gasteiger charge is -2.41. The fraction of sp³-hybridized carbons (Fsp3) is 0.316. The minimum absolute atomic E-state index is 0.0426. The van der Waals surface area contributed by atoms with Crippen LogP contribution in [0.5, 0.6) is 0 Å². The predicted molar refractivity (Wildman–Crippen MR) is 99.2 cm³/mol. The van der Waals surface area contributed by atoms with Gasteiger partial charge in [-0.25, -0.2) is 9.97 Å². The largest absolute Gasteiger partial charge is 0.348 e. The molecule has 4 rings (SSSR count). The quantitative estimate of drug-likeness (QED) is 0.733. The van der Waals surface area contributed by atoms with Gasteiger partial charge >= 0.3 is 0 Å². The average molecular weight is 364 g/mol. The summed E-state index contributed by atoms with van der Waals surface area (Å²) in [5.41, 5.74) is 2.16. The van der Waals surface area contributed by atoms with Crippen molar-refractivity contribution < 1.29 is 9.59 Å². The van der Waals surface area contributed by atoms with Gasteiger partial charge in [-0.3, -0.25) is 14.7 Å². The summed E-state index contributed by atoms with van der Waals surface area (Å²) in [6.07, 6.45) is 3.08. The first-order valence-corrected chi connectivity index (χ1v) is 8.83. The van der Waals surface area contributed by atoms with Crippen LogP contribution in [-0.4, -0.2) is 56.0 Å². The van der Waals surface area contributed by atoms with Crippen LogP contribution in [0.3, 0.4) is 0 Å². The monoisotopic (exact) mass is 364 g/mol. The van der Waals surface area contributed by atoms with Crippen LogP contribution in [0.25, 0.3) is 11.0 Å². The van der Waals surface area contributed by atoms with E-state index < -0.39 is 0 Å². The van der Waals surface area contributed by atoms with Crippen molar-refractivity contribution in [3.63, 3.8) is 0 Å². The average Bonchev–Trinajstić information content (AvgIpc) is 3.09. The Bertz CT molecular complexity index is 1010. The van der Waals surface area contributed by atoms with E-state index in [0.717, 1.165) is 11.1 Å². The lowest BCUT2D eigenvalue weighted by atomic mass is 9.85. The van der Waals surface area contributed by atoms with E-state index in [0.29, 0.717) is 29.9 Å². The van der Waals surface area contributed by atoms with Crippen LogP contribution in [-0.2, 0) is 0 Å². The number of fused-ring (bicyclic) bond motifs is 1. The maximum atomic E-state index is 12.7. The van der Waals surface area contributed by atoms with Crippen LogP contribution >= 0.6 is 0 Å². The van der Waals surface area contributed by atoms with Gasteiger partial charge in [-0.1, -0.05) is 0 Å². The lowest BCUT2D eigenvalue weighted by Crippen LogP contribution is -2.54. The van der Waals surface area contributed by atoms with E-state index in [9.17, 15) is 9.59 Å². The Morgan fingerprint density at radius 1 is 1.22 bits per heavy atom. The van der Waals surface area contributed by atoms with Gasteiger partial charge < -0.3 is 10.2 Å². The number of aromatic amines is 1. The summed E-state index contributed by atoms with van der Waals surface area (Å²) in [5.74, 6) is -0.334. The normalized spacial score (nSPS) is 18.7. The van der Waals surface area contributed by atoms with Gasteiger partial charge in [-0.2, -0.15) is 5.10 Å². The molecule has 0 bridgehead atoms. The maximum absolute atomic E-state index is 12.7. The third-order valence-electron chi connectivity index (χ3n) is 4.94. The van der Waals surface area contributed by atoms with Gasteiger partial charge in [0.1, 0.15) is 11.4 Å². The molecule has 1 fully saturated rings. The number of H-pyrrole nitrogens is 1. The fourth-order valence-corrected chi connectivity index (χ4v) is 3.23. The molecule has 2 N–H and O–H groups in total. The number of carbonyl (C=O) groups is 2. The van der Waals surface area contributed by atoms with E-state index in [1.165, 1.54) is 0 Å². The van der Waals surface area contributed by atoms with Gasteiger partial charge in [0.05, 0.1) is 0 Å². The van der Waals surface area contributed by atoms with Crippen LogP contribution < -0.4 is 5.32 Å². The lowest BCUT2D eigenvalue weighted by molar-refractivity contribution is 0.0578. The van der Waals surface area contributed by atoms with Gasteiger partial charge in [-0.05, 0) is 50.1 Å². The van der Waals surface area contributed by atoms with Gasteiger partial charge in [0.25, 0.3) is 11.8 Å². The third-order valence-corrected chi connectivity index (χ3v) is 4.94. The molecule has 0 aliphatic heterocycles. The van der Waals surface area contributed by atoms with E-state index in [4.69, 9.17) is 0 Å². The number of amides is 2. The van der Waals surface area contributed by atoms with Gasteiger partial charge in [0.2, 0.25) is 0 Å². The molecule has 3 aromatic rings. The molecule has 138 valence electrons. The molecule has 1 aliphatic rings. The van der Waals surface area contributed by atoms with E-state index in [1.807, 2.05) is 25.1 Å². The highest BCUT2D eigenvalue weighted by Gasteiger charge is 2.36. The minimum Gasteiger partial charge on any atom is -0.348 e. The summed E-state index contributed by atoms with van der Waals surface area (Å²) in [7, 11) is 1.77. The smallest absolute Gasteiger partial charge is 0.272 e.